The van der Waals surface area contributed by atoms with Gasteiger partial charge >= 0.3 is 0 Å². The maximum atomic E-state index is 12.4. The molecule has 0 aliphatic carbocycles. The lowest BCUT2D eigenvalue weighted by molar-refractivity contribution is -0.384. The second-order valence-corrected chi connectivity index (χ2v) is 4.30. The van der Waals surface area contributed by atoms with Crippen LogP contribution >= 0.6 is 11.6 Å². The van der Waals surface area contributed by atoms with Crippen molar-refractivity contribution in [1.29, 1.82) is 0 Å². The van der Waals surface area contributed by atoms with Crippen molar-refractivity contribution in [2.24, 2.45) is 0 Å². The van der Waals surface area contributed by atoms with E-state index in [9.17, 15) is 14.9 Å². The number of benzene rings is 2. The fraction of sp³-hybridized carbons (Fsp3) is 0.0714. The van der Waals surface area contributed by atoms with Crippen LogP contribution in [0.3, 0.4) is 0 Å². The smallest absolute Gasteiger partial charge is 0.288 e. The van der Waals surface area contributed by atoms with Crippen LogP contribution in [-0.4, -0.2) is 17.8 Å². The molecule has 20 heavy (non-hydrogen) atoms. The lowest BCUT2D eigenvalue weighted by atomic mass is 10.0. The van der Waals surface area contributed by atoms with Gasteiger partial charge in [0.25, 0.3) is 5.69 Å². The average Bonchev–Trinajstić information content (AvgIpc) is 2.46. The van der Waals surface area contributed by atoms with Gasteiger partial charge in [0.1, 0.15) is 10.8 Å². The van der Waals surface area contributed by atoms with E-state index in [-0.39, 0.29) is 16.3 Å². The molecule has 0 aromatic heterocycles. The standard InChI is InChI=1S/C14H10ClNO4/c1-20-12-8-3-2-5-9(12)14(17)10-6-4-7-11(13(10)15)16(18)19/h2-8H,1H3. The van der Waals surface area contributed by atoms with E-state index in [1.54, 1.807) is 24.3 Å². The number of nitro groups is 1. The second kappa shape index (κ2) is 5.71. The summed E-state index contributed by atoms with van der Waals surface area (Å²) in [6.45, 7) is 0. The summed E-state index contributed by atoms with van der Waals surface area (Å²) in [7, 11) is 1.45. The highest BCUT2D eigenvalue weighted by Crippen LogP contribution is 2.31. The van der Waals surface area contributed by atoms with Gasteiger partial charge in [-0.15, -0.1) is 0 Å². The number of hydrogen-bond donors (Lipinski definition) is 0. The van der Waals surface area contributed by atoms with Gasteiger partial charge in [0.2, 0.25) is 0 Å². The molecule has 0 bridgehead atoms. The fourth-order valence-electron chi connectivity index (χ4n) is 1.81. The maximum Gasteiger partial charge on any atom is 0.288 e. The van der Waals surface area contributed by atoms with Gasteiger partial charge < -0.3 is 4.74 Å². The van der Waals surface area contributed by atoms with Gasteiger partial charge in [0, 0.05) is 11.6 Å². The maximum absolute atomic E-state index is 12.4. The number of rotatable bonds is 4. The van der Waals surface area contributed by atoms with Crippen LogP contribution in [-0.2, 0) is 0 Å². The molecule has 0 amide bonds. The first-order valence-corrected chi connectivity index (χ1v) is 6.04. The predicted octanol–water partition coefficient (Wildman–Crippen LogP) is 3.49. The highest BCUT2D eigenvalue weighted by molar-refractivity contribution is 6.37. The Morgan fingerprint density at radius 3 is 2.45 bits per heavy atom. The van der Waals surface area contributed by atoms with Gasteiger partial charge in [-0.1, -0.05) is 29.8 Å². The fourth-order valence-corrected chi connectivity index (χ4v) is 2.09. The van der Waals surface area contributed by atoms with Crippen LogP contribution in [0.15, 0.2) is 42.5 Å². The van der Waals surface area contributed by atoms with E-state index in [1.165, 1.54) is 25.3 Å². The van der Waals surface area contributed by atoms with Crippen LogP contribution in [0.25, 0.3) is 0 Å². The third-order valence-electron chi connectivity index (χ3n) is 2.77. The largest absolute Gasteiger partial charge is 0.496 e. The van der Waals surface area contributed by atoms with Crippen molar-refractivity contribution in [2.75, 3.05) is 7.11 Å². The summed E-state index contributed by atoms with van der Waals surface area (Å²) in [5, 5.41) is 10.7. The van der Waals surface area contributed by atoms with Gasteiger partial charge in [0.05, 0.1) is 17.6 Å². The molecule has 0 N–H and O–H groups in total. The van der Waals surface area contributed by atoms with Crippen LogP contribution in [0.4, 0.5) is 5.69 Å². The van der Waals surface area contributed by atoms with E-state index in [1.807, 2.05) is 0 Å². The minimum atomic E-state index is -0.624. The molecule has 0 unspecified atom stereocenters. The van der Waals surface area contributed by atoms with Crippen molar-refractivity contribution in [2.45, 2.75) is 0 Å². The first-order chi connectivity index (χ1) is 9.56. The topological polar surface area (TPSA) is 69.4 Å². The molecule has 0 heterocycles. The molecule has 2 aromatic rings. The number of hydrogen-bond acceptors (Lipinski definition) is 4. The summed E-state index contributed by atoms with van der Waals surface area (Å²) >= 11 is 5.94. The lowest BCUT2D eigenvalue weighted by Gasteiger charge is -2.08. The molecule has 0 radical (unpaired) electrons. The number of ketones is 1. The third-order valence-corrected chi connectivity index (χ3v) is 3.17. The Bertz CT molecular complexity index is 685. The highest BCUT2D eigenvalue weighted by Gasteiger charge is 2.22. The Balaban J connectivity index is 2.54. The van der Waals surface area contributed by atoms with Crippen molar-refractivity contribution in [3.05, 3.63) is 68.7 Å². The van der Waals surface area contributed by atoms with Crippen molar-refractivity contribution >= 4 is 23.1 Å². The number of para-hydroxylation sites is 1. The molecule has 0 aliphatic heterocycles. The molecule has 5 nitrogen and oxygen atoms in total. The lowest BCUT2D eigenvalue weighted by Crippen LogP contribution is -2.05. The summed E-state index contributed by atoms with van der Waals surface area (Å²) in [5.41, 5.74) is 0.0789. The Hall–Kier alpha value is -2.40. The molecule has 0 saturated heterocycles. The van der Waals surface area contributed by atoms with E-state index in [0.29, 0.717) is 11.3 Å². The molecule has 0 spiro atoms. The average molecular weight is 292 g/mol. The second-order valence-electron chi connectivity index (χ2n) is 3.93. The van der Waals surface area contributed by atoms with E-state index >= 15 is 0 Å². The summed E-state index contributed by atoms with van der Waals surface area (Å²) in [4.78, 5) is 22.7. The normalized spacial score (nSPS) is 10.1. The molecule has 2 rings (SSSR count). The number of nitrogens with zero attached hydrogens (tertiary/aromatic N) is 1. The molecular weight excluding hydrogens is 282 g/mol. The van der Waals surface area contributed by atoms with Crippen LogP contribution in [0.5, 0.6) is 5.75 Å². The zero-order chi connectivity index (χ0) is 14.7. The Kier molecular flexibility index (Phi) is 4.00. The number of ether oxygens (including phenoxy) is 1. The zero-order valence-corrected chi connectivity index (χ0v) is 11.3. The van der Waals surface area contributed by atoms with Gasteiger partial charge in [0.15, 0.2) is 5.78 Å². The Morgan fingerprint density at radius 2 is 1.80 bits per heavy atom. The summed E-state index contributed by atoms with van der Waals surface area (Å²) < 4.78 is 5.11. The molecule has 102 valence electrons. The Labute approximate surface area is 119 Å². The van der Waals surface area contributed by atoms with Crippen LogP contribution in [0.2, 0.25) is 5.02 Å². The number of methoxy groups -OCH3 is 1. The van der Waals surface area contributed by atoms with Crippen molar-refractivity contribution in [1.82, 2.24) is 0 Å². The molecule has 0 fully saturated rings. The first kappa shape index (κ1) is 14.0. The molecule has 0 aliphatic rings. The number of carbonyl (C=O) groups is 1. The molecule has 0 atom stereocenters. The van der Waals surface area contributed by atoms with E-state index < -0.39 is 10.7 Å². The molecular formula is C14H10ClNO4. The number of halogens is 1. The number of carbonyl (C=O) groups excluding carboxylic acids is 1. The summed E-state index contributed by atoms with van der Waals surface area (Å²) in [5.74, 6) is -0.0313. The third kappa shape index (κ3) is 2.48. The quantitative estimate of drug-likeness (QED) is 0.491. The van der Waals surface area contributed by atoms with E-state index in [2.05, 4.69) is 0 Å². The number of nitro benzene ring substituents is 1. The monoisotopic (exact) mass is 291 g/mol. The summed E-state index contributed by atoms with van der Waals surface area (Å²) in [6, 6.07) is 10.7. The van der Waals surface area contributed by atoms with Crippen molar-refractivity contribution in [3.63, 3.8) is 0 Å². The van der Waals surface area contributed by atoms with E-state index in [0.717, 1.165) is 0 Å². The molecule has 2 aromatic carbocycles. The van der Waals surface area contributed by atoms with Crippen LogP contribution in [0.1, 0.15) is 15.9 Å². The van der Waals surface area contributed by atoms with Crippen LogP contribution < -0.4 is 4.74 Å². The van der Waals surface area contributed by atoms with Gasteiger partial charge in [-0.2, -0.15) is 0 Å². The van der Waals surface area contributed by atoms with Gasteiger partial charge in [-0.25, -0.2) is 0 Å². The zero-order valence-electron chi connectivity index (χ0n) is 10.5. The Morgan fingerprint density at radius 1 is 1.15 bits per heavy atom. The molecule has 6 heteroatoms. The van der Waals surface area contributed by atoms with Gasteiger partial charge in [-0.3, -0.25) is 14.9 Å². The van der Waals surface area contributed by atoms with Crippen molar-refractivity contribution in [3.8, 4) is 5.75 Å². The molecule has 0 saturated carbocycles. The minimum absolute atomic E-state index is 0.0744. The van der Waals surface area contributed by atoms with Crippen LogP contribution in [0, 0.1) is 10.1 Å². The van der Waals surface area contributed by atoms with E-state index in [4.69, 9.17) is 16.3 Å². The highest BCUT2D eigenvalue weighted by atomic mass is 35.5. The SMILES string of the molecule is COc1ccccc1C(=O)c1cccc([N+](=O)[O-])c1Cl. The van der Waals surface area contributed by atoms with Crippen molar-refractivity contribution < 1.29 is 14.5 Å². The predicted molar refractivity (Wildman–Crippen MR) is 74.5 cm³/mol. The minimum Gasteiger partial charge on any atom is -0.496 e. The summed E-state index contributed by atoms with van der Waals surface area (Å²) in [6.07, 6.45) is 0. The van der Waals surface area contributed by atoms with Gasteiger partial charge in [-0.05, 0) is 18.2 Å². The first-order valence-electron chi connectivity index (χ1n) is 5.67.